The van der Waals surface area contributed by atoms with Gasteiger partial charge in [-0.3, -0.25) is 25.2 Å². The zero-order valence-corrected chi connectivity index (χ0v) is 15.0. The maximum atomic E-state index is 12.1. The molecule has 0 aliphatic rings. The molecule has 0 fully saturated rings. The van der Waals surface area contributed by atoms with Gasteiger partial charge in [-0.05, 0) is 35.9 Å². The van der Waals surface area contributed by atoms with Crippen LogP contribution in [-0.2, 0) is 16.0 Å². The minimum absolute atomic E-state index is 0.109. The van der Waals surface area contributed by atoms with E-state index in [9.17, 15) is 14.4 Å². The summed E-state index contributed by atoms with van der Waals surface area (Å²) in [6.45, 7) is 1.43. The van der Waals surface area contributed by atoms with Crippen LogP contribution in [0.2, 0.25) is 0 Å². The number of benzene rings is 2. The molecular formula is C19H22N4O3. The molecule has 3 N–H and O–H groups in total. The molecule has 136 valence electrons. The van der Waals surface area contributed by atoms with Gasteiger partial charge in [0.2, 0.25) is 11.8 Å². The third-order valence-electron chi connectivity index (χ3n) is 3.58. The second-order valence-electron chi connectivity index (χ2n) is 6.00. The van der Waals surface area contributed by atoms with E-state index in [0.717, 1.165) is 11.3 Å². The van der Waals surface area contributed by atoms with Crippen LogP contribution >= 0.6 is 0 Å². The Morgan fingerprint density at radius 3 is 2.27 bits per heavy atom. The largest absolute Gasteiger partial charge is 0.378 e. The van der Waals surface area contributed by atoms with E-state index < -0.39 is 0 Å². The van der Waals surface area contributed by atoms with Crippen LogP contribution in [0.3, 0.4) is 0 Å². The molecule has 0 spiro atoms. The van der Waals surface area contributed by atoms with Crippen LogP contribution < -0.4 is 21.1 Å². The summed E-state index contributed by atoms with van der Waals surface area (Å²) in [5.74, 6) is -0.881. The van der Waals surface area contributed by atoms with Crippen molar-refractivity contribution in [2.75, 3.05) is 24.3 Å². The number of nitrogens with zero attached hydrogens (tertiary/aromatic N) is 1. The van der Waals surface area contributed by atoms with E-state index in [2.05, 4.69) is 16.2 Å². The van der Waals surface area contributed by atoms with Crippen LogP contribution in [0.25, 0.3) is 0 Å². The normalized spacial score (nSPS) is 9.96. The number of nitrogens with one attached hydrogen (secondary N) is 3. The van der Waals surface area contributed by atoms with Crippen LogP contribution in [0.4, 0.5) is 11.4 Å². The molecule has 0 aliphatic carbocycles. The maximum Gasteiger partial charge on any atom is 0.269 e. The number of hydrazine groups is 1. The second kappa shape index (κ2) is 8.66. The Kier molecular flexibility index (Phi) is 6.32. The first-order chi connectivity index (χ1) is 12.3. The molecule has 0 saturated carbocycles. The summed E-state index contributed by atoms with van der Waals surface area (Å²) in [5, 5.41) is 2.66. The monoisotopic (exact) mass is 354 g/mol. The summed E-state index contributed by atoms with van der Waals surface area (Å²) in [4.78, 5) is 37.0. The Bertz CT molecular complexity index is 801. The van der Waals surface area contributed by atoms with Crippen LogP contribution in [0.5, 0.6) is 0 Å². The highest BCUT2D eigenvalue weighted by molar-refractivity contribution is 5.96. The molecule has 0 aliphatic heterocycles. The fourth-order valence-corrected chi connectivity index (χ4v) is 2.26. The van der Waals surface area contributed by atoms with E-state index in [1.807, 2.05) is 25.1 Å². The highest BCUT2D eigenvalue weighted by Crippen LogP contribution is 2.13. The maximum absolute atomic E-state index is 12.1. The molecule has 0 aromatic heterocycles. The Balaban J connectivity index is 1.87. The van der Waals surface area contributed by atoms with Crippen LogP contribution in [0.15, 0.2) is 48.5 Å². The third kappa shape index (κ3) is 5.62. The Morgan fingerprint density at radius 1 is 0.962 bits per heavy atom. The van der Waals surface area contributed by atoms with Gasteiger partial charge < -0.3 is 10.2 Å². The van der Waals surface area contributed by atoms with Crippen molar-refractivity contribution >= 4 is 29.1 Å². The zero-order valence-electron chi connectivity index (χ0n) is 15.0. The lowest BCUT2D eigenvalue weighted by Gasteiger charge is -2.13. The first-order valence-electron chi connectivity index (χ1n) is 8.08. The molecular weight excluding hydrogens is 332 g/mol. The minimum Gasteiger partial charge on any atom is -0.378 e. The number of rotatable bonds is 5. The Morgan fingerprint density at radius 2 is 1.65 bits per heavy atom. The van der Waals surface area contributed by atoms with Crippen molar-refractivity contribution in [3.8, 4) is 0 Å². The number of amides is 3. The third-order valence-corrected chi connectivity index (χ3v) is 3.58. The van der Waals surface area contributed by atoms with Gasteiger partial charge >= 0.3 is 0 Å². The van der Waals surface area contributed by atoms with E-state index in [-0.39, 0.29) is 24.1 Å². The van der Waals surface area contributed by atoms with E-state index in [4.69, 9.17) is 0 Å². The molecule has 0 unspecified atom stereocenters. The average molecular weight is 354 g/mol. The van der Waals surface area contributed by atoms with Gasteiger partial charge in [0.15, 0.2) is 0 Å². The minimum atomic E-state index is -0.386. The van der Waals surface area contributed by atoms with E-state index in [1.54, 1.807) is 42.5 Å². The first-order valence-corrected chi connectivity index (χ1v) is 8.08. The summed E-state index contributed by atoms with van der Waals surface area (Å²) in [6.07, 6.45) is 0.109. The molecule has 3 amide bonds. The van der Waals surface area contributed by atoms with E-state index in [0.29, 0.717) is 11.3 Å². The molecule has 7 nitrogen and oxygen atoms in total. The predicted octanol–water partition coefficient (Wildman–Crippen LogP) is 1.71. The quantitative estimate of drug-likeness (QED) is 0.713. The highest BCUT2D eigenvalue weighted by Gasteiger charge is 2.09. The second-order valence-corrected chi connectivity index (χ2v) is 6.00. The summed E-state index contributed by atoms with van der Waals surface area (Å²) in [7, 11) is 3.77. The van der Waals surface area contributed by atoms with Crippen molar-refractivity contribution in [2.24, 2.45) is 0 Å². The Labute approximate surface area is 152 Å². The van der Waals surface area contributed by atoms with Gasteiger partial charge in [0.25, 0.3) is 5.91 Å². The van der Waals surface area contributed by atoms with Gasteiger partial charge in [0.05, 0.1) is 6.42 Å². The molecule has 0 radical (unpaired) electrons. The van der Waals surface area contributed by atoms with Crippen molar-refractivity contribution in [2.45, 2.75) is 13.3 Å². The summed E-state index contributed by atoms with van der Waals surface area (Å²) in [5.41, 5.74) is 7.59. The smallest absolute Gasteiger partial charge is 0.269 e. The van der Waals surface area contributed by atoms with Gasteiger partial charge in [-0.15, -0.1) is 0 Å². The number of carbonyl (C=O) groups is 3. The van der Waals surface area contributed by atoms with Gasteiger partial charge in [-0.25, -0.2) is 0 Å². The molecule has 7 heteroatoms. The van der Waals surface area contributed by atoms with Crippen LogP contribution in [-0.4, -0.2) is 31.8 Å². The molecule has 2 aromatic carbocycles. The molecule has 2 aromatic rings. The van der Waals surface area contributed by atoms with Crippen molar-refractivity contribution in [3.63, 3.8) is 0 Å². The number of carbonyl (C=O) groups excluding carboxylic acids is 3. The van der Waals surface area contributed by atoms with Crippen molar-refractivity contribution in [1.29, 1.82) is 0 Å². The predicted molar refractivity (Wildman–Crippen MR) is 101 cm³/mol. The number of hydrogen-bond donors (Lipinski definition) is 3. The van der Waals surface area contributed by atoms with E-state index >= 15 is 0 Å². The number of anilines is 2. The topological polar surface area (TPSA) is 90.5 Å². The van der Waals surface area contributed by atoms with Crippen LogP contribution in [0, 0.1) is 0 Å². The lowest BCUT2D eigenvalue weighted by atomic mass is 10.1. The van der Waals surface area contributed by atoms with Gasteiger partial charge in [-0.2, -0.15) is 0 Å². The average Bonchev–Trinajstić information content (AvgIpc) is 2.61. The fraction of sp³-hybridized carbons (Fsp3) is 0.211. The SMILES string of the molecule is CC(=O)Nc1ccc(CC(=O)NNC(=O)c2cccc(N(C)C)c2)cc1. The Hall–Kier alpha value is -3.35. The zero-order chi connectivity index (χ0) is 19.1. The first kappa shape index (κ1) is 19.0. The highest BCUT2D eigenvalue weighted by atomic mass is 16.2. The van der Waals surface area contributed by atoms with Crippen molar-refractivity contribution < 1.29 is 14.4 Å². The molecule has 2 rings (SSSR count). The fourth-order valence-electron chi connectivity index (χ4n) is 2.26. The molecule has 0 heterocycles. The molecule has 0 saturated heterocycles. The van der Waals surface area contributed by atoms with Crippen molar-refractivity contribution in [1.82, 2.24) is 10.9 Å². The lowest BCUT2D eigenvalue weighted by molar-refractivity contribution is -0.121. The van der Waals surface area contributed by atoms with Crippen molar-refractivity contribution in [3.05, 3.63) is 59.7 Å². The summed E-state index contributed by atoms with van der Waals surface area (Å²) in [6, 6.07) is 14.0. The van der Waals surface area contributed by atoms with Gasteiger partial charge in [0, 0.05) is 38.0 Å². The van der Waals surface area contributed by atoms with Gasteiger partial charge in [-0.1, -0.05) is 18.2 Å². The lowest BCUT2D eigenvalue weighted by Crippen LogP contribution is -2.42. The molecule has 26 heavy (non-hydrogen) atoms. The number of hydrogen-bond acceptors (Lipinski definition) is 4. The van der Waals surface area contributed by atoms with E-state index in [1.165, 1.54) is 6.92 Å². The van der Waals surface area contributed by atoms with Gasteiger partial charge in [0.1, 0.15) is 0 Å². The summed E-state index contributed by atoms with van der Waals surface area (Å²) >= 11 is 0. The standard InChI is InChI=1S/C19H22N4O3/c1-13(24)20-16-9-7-14(8-10-16)11-18(25)21-22-19(26)15-5-4-6-17(12-15)23(2)3/h4-10,12H,11H2,1-3H3,(H,20,24)(H,21,25)(H,22,26). The van der Waals surface area contributed by atoms with Crippen LogP contribution in [0.1, 0.15) is 22.8 Å². The molecule has 0 bridgehead atoms. The summed E-state index contributed by atoms with van der Waals surface area (Å²) < 4.78 is 0. The molecule has 0 atom stereocenters.